The van der Waals surface area contributed by atoms with Crippen LogP contribution in [0.2, 0.25) is 0 Å². The fourth-order valence-electron chi connectivity index (χ4n) is 4.59. The van der Waals surface area contributed by atoms with Gasteiger partial charge in [-0.15, -0.1) is 5.10 Å². The lowest BCUT2D eigenvalue weighted by Gasteiger charge is -2.34. The number of aromatic nitrogens is 4. The normalized spacial score (nSPS) is 12.3. The Hall–Kier alpha value is -4.79. The molecule has 0 radical (unpaired) electrons. The molecule has 3 aromatic carbocycles. The summed E-state index contributed by atoms with van der Waals surface area (Å²) in [5, 5.41) is 12.5. The zero-order valence-corrected chi connectivity index (χ0v) is 23.0. The summed E-state index contributed by atoms with van der Waals surface area (Å²) in [5.74, 6) is 0.0348. The average Bonchev–Trinajstić information content (AvgIpc) is 3.38. The standard InChI is InChI=1S/C31H32N6O3/c1-5-31(2,3)33-30(39)29(22-12-17-25-21(19-22)9-8-18-32-25)37(23-13-15-24(40-4)16-14-23)28(38)20-36-27-11-7-6-10-26(27)34-35-36/h6-19,29H,5,20H2,1-4H3,(H,33,39)/t29-/m0/s1. The van der Waals surface area contributed by atoms with E-state index in [2.05, 4.69) is 20.6 Å². The van der Waals surface area contributed by atoms with E-state index in [1.54, 1.807) is 42.3 Å². The highest BCUT2D eigenvalue weighted by molar-refractivity contribution is 6.02. The number of carbonyl (C=O) groups is 2. The highest BCUT2D eigenvalue weighted by Gasteiger charge is 2.35. The van der Waals surface area contributed by atoms with Gasteiger partial charge in [0.25, 0.3) is 0 Å². The molecule has 9 heteroatoms. The molecule has 40 heavy (non-hydrogen) atoms. The van der Waals surface area contributed by atoms with Gasteiger partial charge in [0.2, 0.25) is 11.8 Å². The van der Waals surface area contributed by atoms with Crippen molar-refractivity contribution in [2.75, 3.05) is 12.0 Å². The van der Waals surface area contributed by atoms with Crippen LogP contribution in [-0.4, -0.2) is 44.4 Å². The number of rotatable bonds is 9. The predicted octanol–water partition coefficient (Wildman–Crippen LogP) is 5.07. The van der Waals surface area contributed by atoms with E-state index < -0.39 is 11.6 Å². The molecule has 0 bridgehead atoms. The van der Waals surface area contributed by atoms with Gasteiger partial charge in [0.1, 0.15) is 23.9 Å². The van der Waals surface area contributed by atoms with E-state index in [0.29, 0.717) is 28.9 Å². The van der Waals surface area contributed by atoms with Crippen LogP contribution >= 0.6 is 0 Å². The summed E-state index contributed by atoms with van der Waals surface area (Å²) in [7, 11) is 1.58. The van der Waals surface area contributed by atoms with E-state index >= 15 is 0 Å². The molecule has 2 amide bonds. The van der Waals surface area contributed by atoms with E-state index in [0.717, 1.165) is 16.4 Å². The number of hydrogen-bond acceptors (Lipinski definition) is 6. The highest BCUT2D eigenvalue weighted by atomic mass is 16.5. The number of hydrogen-bond donors (Lipinski definition) is 1. The Kier molecular flexibility index (Phi) is 7.46. The summed E-state index contributed by atoms with van der Waals surface area (Å²) in [6.07, 6.45) is 2.44. The van der Waals surface area contributed by atoms with E-state index in [9.17, 15) is 9.59 Å². The molecule has 9 nitrogen and oxygen atoms in total. The van der Waals surface area contributed by atoms with Gasteiger partial charge in [-0.1, -0.05) is 36.4 Å². The first kappa shape index (κ1) is 26.8. The molecular weight excluding hydrogens is 504 g/mol. The van der Waals surface area contributed by atoms with Crippen LogP contribution in [0.3, 0.4) is 0 Å². The van der Waals surface area contributed by atoms with Gasteiger partial charge in [-0.25, -0.2) is 4.68 Å². The number of pyridine rings is 1. The molecule has 0 spiro atoms. The zero-order chi connectivity index (χ0) is 28.3. The first-order valence-corrected chi connectivity index (χ1v) is 13.2. The second-order valence-electron chi connectivity index (χ2n) is 10.3. The molecule has 5 rings (SSSR count). The Labute approximate surface area is 232 Å². The Morgan fingerprint density at radius 3 is 2.52 bits per heavy atom. The fraction of sp³-hybridized carbons (Fsp3) is 0.258. The largest absolute Gasteiger partial charge is 0.497 e. The summed E-state index contributed by atoms with van der Waals surface area (Å²) >= 11 is 0. The number of nitrogens with one attached hydrogen (secondary N) is 1. The topological polar surface area (TPSA) is 102 Å². The molecule has 2 heterocycles. The van der Waals surface area contributed by atoms with Gasteiger partial charge in [0.15, 0.2) is 0 Å². The summed E-state index contributed by atoms with van der Waals surface area (Å²) in [5.41, 5.74) is 2.96. The van der Waals surface area contributed by atoms with Crippen molar-refractivity contribution < 1.29 is 14.3 Å². The molecule has 5 aromatic rings. The van der Waals surface area contributed by atoms with Crippen LogP contribution in [0, 0.1) is 0 Å². The number of fused-ring (bicyclic) bond motifs is 2. The van der Waals surface area contributed by atoms with Crippen LogP contribution in [0.25, 0.3) is 21.9 Å². The van der Waals surface area contributed by atoms with Crippen LogP contribution in [0.1, 0.15) is 38.8 Å². The van der Waals surface area contributed by atoms with Gasteiger partial charge < -0.3 is 10.1 Å². The molecule has 0 aliphatic carbocycles. The average molecular weight is 537 g/mol. The van der Waals surface area contributed by atoms with Gasteiger partial charge in [0, 0.05) is 22.8 Å². The van der Waals surface area contributed by atoms with Gasteiger partial charge >= 0.3 is 0 Å². The first-order chi connectivity index (χ1) is 19.3. The summed E-state index contributed by atoms with van der Waals surface area (Å²) < 4.78 is 6.91. The van der Waals surface area contributed by atoms with Crippen molar-refractivity contribution in [3.63, 3.8) is 0 Å². The second-order valence-corrected chi connectivity index (χ2v) is 10.3. The maximum Gasteiger partial charge on any atom is 0.249 e. The minimum Gasteiger partial charge on any atom is -0.497 e. The second kappa shape index (κ2) is 11.1. The third-order valence-corrected chi connectivity index (χ3v) is 7.12. The van der Waals surface area contributed by atoms with Gasteiger partial charge in [0.05, 0.1) is 18.1 Å². The lowest BCUT2D eigenvalue weighted by atomic mass is 9.97. The number of carbonyl (C=O) groups excluding carboxylic acids is 2. The van der Waals surface area contributed by atoms with Crippen molar-refractivity contribution in [3.05, 3.63) is 90.6 Å². The zero-order valence-electron chi connectivity index (χ0n) is 23.0. The maximum absolute atomic E-state index is 14.2. The van der Waals surface area contributed by atoms with Crippen molar-refractivity contribution in [3.8, 4) is 5.75 Å². The third kappa shape index (κ3) is 5.49. The van der Waals surface area contributed by atoms with Crippen LogP contribution in [0.4, 0.5) is 5.69 Å². The minimum atomic E-state index is -0.967. The summed E-state index contributed by atoms with van der Waals surface area (Å²) in [4.78, 5) is 34.3. The minimum absolute atomic E-state index is 0.109. The molecule has 0 aliphatic heterocycles. The van der Waals surface area contributed by atoms with Crippen molar-refractivity contribution in [1.82, 2.24) is 25.3 Å². The van der Waals surface area contributed by atoms with Crippen molar-refractivity contribution >= 4 is 39.4 Å². The highest BCUT2D eigenvalue weighted by Crippen LogP contribution is 2.32. The number of para-hydroxylation sites is 1. The summed E-state index contributed by atoms with van der Waals surface area (Å²) in [6.45, 7) is 5.84. The van der Waals surface area contributed by atoms with Crippen LogP contribution in [0.15, 0.2) is 85.1 Å². The number of benzene rings is 3. The number of ether oxygens (including phenoxy) is 1. The third-order valence-electron chi connectivity index (χ3n) is 7.12. The van der Waals surface area contributed by atoms with Crippen LogP contribution < -0.4 is 15.0 Å². The molecular formula is C31H32N6O3. The van der Waals surface area contributed by atoms with Crippen molar-refractivity contribution in [2.24, 2.45) is 0 Å². The lowest BCUT2D eigenvalue weighted by molar-refractivity contribution is -0.128. The quantitative estimate of drug-likeness (QED) is 0.282. The molecule has 0 aliphatic rings. The SMILES string of the molecule is CCC(C)(C)NC(=O)[C@H](c1ccc2ncccc2c1)N(C(=O)Cn1nnc2ccccc21)c1ccc(OC)cc1. The monoisotopic (exact) mass is 536 g/mol. The lowest BCUT2D eigenvalue weighted by Crippen LogP contribution is -2.51. The van der Waals surface area contributed by atoms with E-state index in [-0.39, 0.29) is 18.4 Å². The number of methoxy groups -OCH3 is 1. The van der Waals surface area contributed by atoms with Crippen LogP contribution in [-0.2, 0) is 16.1 Å². The molecule has 204 valence electrons. The van der Waals surface area contributed by atoms with Crippen LogP contribution in [0.5, 0.6) is 5.75 Å². The molecule has 0 saturated heterocycles. The Bertz CT molecular complexity index is 1660. The fourth-order valence-corrected chi connectivity index (χ4v) is 4.59. The smallest absolute Gasteiger partial charge is 0.249 e. The van der Waals surface area contributed by atoms with E-state index in [1.807, 2.05) is 75.4 Å². The molecule has 0 unspecified atom stereocenters. The van der Waals surface area contributed by atoms with Gasteiger partial charge in [-0.05, 0) is 80.4 Å². The molecule has 1 atom stereocenters. The van der Waals surface area contributed by atoms with Gasteiger partial charge in [-0.2, -0.15) is 0 Å². The molecule has 0 saturated carbocycles. The Morgan fingerprint density at radius 1 is 1.00 bits per heavy atom. The molecule has 1 N–H and O–H groups in total. The van der Waals surface area contributed by atoms with Crippen molar-refractivity contribution in [2.45, 2.75) is 45.3 Å². The number of amides is 2. The number of anilines is 1. The predicted molar refractivity (Wildman–Crippen MR) is 155 cm³/mol. The van der Waals surface area contributed by atoms with E-state index in [4.69, 9.17) is 4.74 Å². The maximum atomic E-state index is 14.2. The molecule has 0 fully saturated rings. The summed E-state index contributed by atoms with van der Waals surface area (Å²) in [6, 6.07) is 23.0. The van der Waals surface area contributed by atoms with Crippen molar-refractivity contribution in [1.29, 1.82) is 0 Å². The molecule has 2 aromatic heterocycles. The van der Waals surface area contributed by atoms with Gasteiger partial charge in [-0.3, -0.25) is 19.5 Å². The Morgan fingerprint density at radius 2 is 1.77 bits per heavy atom. The van der Waals surface area contributed by atoms with E-state index in [1.165, 1.54) is 4.90 Å². The first-order valence-electron chi connectivity index (χ1n) is 13.2. The Balaban J connectivity index is 1.64. The number of nitrogens with zero attached hydrogens (tertiary/aromatic N) is 5.